The van der Waals surface area contributed by atoms with E-state index in [1.165, 1.54) is 0 Å². The topological polar surface area (TPSA) is 67.7 Å². The molecule has 0 spiro atoms. The van der Waals surface area contributed by atoms with Crippen molar-refractivity contribution in [1.82, 2.24) is 24.8 Å². The lowest BCUT2D eigenvalue weighted by atomic mass is 10.2. The Labute approximate surface area is 119 Å². The van der Waals surface area contributed by atoms with Crippen LogP contribution in [0, 0.1) is 3.83 Å². The maximum atomic E-state index is 4.57. The van der Waals surface area contributed by atoms with Crippen LogP contribution >= 0.6 is 22.6 Å². The zero-order valence-electron chi connectivity index (χ0n) is 10.1. The Balaban J connectivity index is 2.01. The quantitative estimate of drug-likeness (QED) is 0.638. The van der Waals surface area contributed by atoms with E-state index in [0.29, 0.717) is 6.04 Å². The monoisotopic (exact) mass is 358 g/mol. The van der Waals surface area contributed by atoms with E-state index in [1.807, 2.05) is 0 Å². The van der Waals surface area contributed by atoms with Gasteiger partial charge in [-0.3, -0.25) is 0 Å². The summed E-state index contributed by atoms with van der Waals surface area (Å²) < 4.78 is 3.05. The van der Waals surface area contributed by atoms with Crippen LogP contribution in [0.15, 0.2) is 6.33 Å². The van der Waals surface area contributed by atoms with Crippen LogP contribution < -0.4 is 10.6 Å². The number of anilines is 1. The number of imidazole rings is 1. The fraction of sp³-hybridized carbons (Fsp3) is 0.545. The molecule has 0 aromatic carbocycles. The number of nitrogens with zero attached hydrogens (tertiary/aromatic N) is 4. The molecule has 0 amide bonds. The first kappa shape index (κ1) is 12.1. The van der Waals surface area contributed by atoms with E-state index >= 15 is 0 Å². The van der Waals surface area contributed by atoms with Crippen LogP contribution in [0.1, 0.15) is 13.3 Å². The van der Waals surface area contributed by atoms with Crippen molar-refractivity contribution in [2.75, 3.05) is 18.4 Å². The molecule has 96 valence electrons. The van der Waals surface area contributed by atoms with Gasteiger partial charge in [0.2, 0.25) is 0 Å². The second kappa shape index (κ2) is 4.96. The molecule has 7 heteroatoms. The molecule has 1 aliphatic heterocycles. The first-order chi connectivity index (χ1) is 8.79. The van der Waals surface area contributed by atoms with Gasteiger partial charge in [-0.2, -0.15) is 0 Å². The Morgan fingerprint density at radius 1 is 1.56 bits per heavy atom. The molecule has 0 saturated carbocycles. The lowest BCUT2D eigenvalue weighted by Gasteiger charge is -2.11. The van der Waals surface area contributed by atoms with Crippen molar-refractivity contribution >= 4 is 39.6 Å². The molecule has 2 N–H and O–H groups in total. The van der Waals surface area contributed by atoms with E-state index in [9.17, 15) is 0 Å². The highest BCUT2D eigenvalue weighted by Gasteiger charge is 2.18. The smallest absolute Gasteiger partial charge is 0.173 e. The SMILES string of the molecule is CCn1c(I)nc2c(N[C@H]3CCNC3)ncnc21. The lowest BCUT2D eigenvalue weighted by Crippen LogP contribution is -2.22. The zero-order chi connectivity index (χ0) is 12.5. The van der Waals surface area contributed by atoms with Gasteiger partial charge in [-0.25, -0.2) is 15.0 Å². The molecule has 0 aliphatic carbocycles. The highest BCUT2D eigenvalue weighted by molar-refractivity contribution is 14.1. The lowest BCUT2D eigenvalue weighted by molar-refractivity contribution is 0.754. The van der Waals surface area contributed by atoms with Gasteiger partial charge in [-0.1, -0.05) is 0 Å². The highest BCUT2D eigenvalue weighted by Crippen LogP contribution is 2.22. The van der Waals surface area contributed by atoms with Crippen molar-refractivity contribution in [1.29, 1.82) is 0 Å². The summed E-state index contributed by atoms with van der Waals surface area (Å²) in [4.78, 5) is 13.2. The molecule has 0 bridgehead atoms. The fourth-order valence-corrected chi connectivity index (χ4v) is 3.08. The van der Waals surface area contributed by atoms with Crippen LogP contribution in [0.4, 0.5) is 5.82 Å². The summed E-state index contributed by atoms with van der Waals surface area (Å²) in [6, 6.07) is 0.438. The normalized spacial score (nSPS) is 19.6. The van der Waals surface area contributed by atoms with Gasteiger partial charge in [0.25, 0.3) is 0 Å². The maximum Gasteiger partial charge on any atom is 0.173 e. The molecule has 2 aromatic rings. The highest BCUT2D eigenvalue weighted by atomic mass is 127. The third kappa shape index (κ3) is 2.05. The maximum absolute atomic E-state index is 4.57. The standard InChI is InChI=1S/C11H15IN6/c1-2-18-10-8(17-11(18)12)9(14-6-15-10)16-7-3-4-13-5-7/h6-7,13H,2-5H2,1H3,(H,14,15,16)/t7-/m0/s1. The average Bonchev–Trinajstić information content (AvgIpc) is 2.96. The van der Waals surface area contributed by atoms with Gasteiger partial charge in [-0.15, -0.1) is 0 Å². The van der Waals surface area contributed by atoms with Crippen molar-refractivity contribution in [2.24, 2.45) is 0 Å². The van der Waals surface area contributed by atoms with Crippen LogP contribution in [0.5, 0.6) is 0 Å². The van der Waals surface area contributed by atoms with Crippen molar-refractivity contribution < 1.29 is 0 Å². The predicted molar refractivity (Wildman–Crippen MR) is 78.6 cm³/mol. The second-order valence-corrected chi connectivity index (χ2v) is 5.32. The summed E-state index contributed by atoms with van der Waals surface area (Å²) in [6.45, 7) is 5.01. The summed E-state index contributed by atoms with van der Waals surface area (Å²) in [5.41, 5.74) is 1.78. The van der Waals surface area contributed by atoms with E-state index in [1.54, 1.807) is 6.33 Å². The molecule has 18 heavy (non-hydrogen) atoms. The van der Waals surface area contributed by atoms with Gasteiger partial charge in [0.1, 0.15) is 6.33 Å². The third-order valence-electron chi connectivity index (χ3n) is 3.20. The minimum atomic E-state index is 0.438. The molecular formula is C11H15IN6. The predicted octanol–water partition coefficient (Wildman–Crippen LogP) is 1.22. The van der Waals surface area contributed by atoms with Crippen molar-refractivity contribution in [2.45, 2.75) is 25.9 Å². The number of hydrogen-bond donors (Lipinski definition) is 2. The third-order valence-corrected chi connectivity index (χ3v) is 4.03. The van der Waals surface area contributed by atoms with Gasteiger partial charge >= 0.3 is 0 Å². The van der Waals surface area contributed by atoms with Crippen LogP contribution in [0.25, 0.3) is 11.2 Å². The summed E-state index contributed by atoms with van der Waals surface area (Å²) >= 11 is 2.24. The van der Waals surface area contributed by atoms with Gasteiger partial charge in [0, 0.05) is 41.7 Å². The summed E-state index contributed by atoms with van der Waals surface area (Å²) in [6.07, 6.45) is 2.73. The van der Waals surface area contributed by atoms with E-state index in [0.717, 1.165) is 46.9 Å². The van der Waals surface area contributed by atoms with Crippen LogP contribution in [0.2, 0.25) is 0 Å². The number of aromatic nitrogens is 4. The number of halogens is 1. The molecule has 1 fully saturated rings. The van der Waals surface area contributed by atoms with Gasteiger partial charge < -0.3 is 15.2 Å². The minimum absolute atomic E-state index is 0.438. The van der Waals surface area contributed by atoms with Gasteiger partial charge in [-0.05, 0) is 19.9 Å². The largest absolute Gasteiger partial charge is 0.364 e. The zero-order valence-corrected chi connectivity index (χ0v) is 12.3. The Morgan fingerprint density at radius 3 is 3.17 bits per heavy atom. The molecule has 0 unspecified atom stereocenters. The first-order valence-electron chi connectivity index (χ1n) is 6.13. The Hall–Kier alpha value is -0.960. The van der Waals surface area contributed by atoms with Crippen LogP contribution in [0.3, 0.4) is 0 Å². The summed E-state index contributed by atoms with van der Waals surface area (Å²) in [5, 5.41) is 6.79. The molecule has 2 aromatic heterocycles. The summed E-state index contributed by atoms with van der Waals surface area (Å²) in [7, 11) is 0. The molecule has 1 saturated heterocycles. The van der Waals surface area contributed by atoms with Crippen molar-refractivity contribution in [3.05, 3.63) is 10.2 Å². The number of fused-ring (bicyclic) bond motifs is 1. The van der Waals surface area contributed by atoms with Gasteiger partial charge in [0.15, 0.2) is 20.8 Å². The molecule has 3 rings (SSSR count). The van der Waals surface area contributed by atoms with E-state index < -0.39 is 0 Å². The molecule has 6 nitrogen and oxygen atoms in total. The molecule has 1 atom stereocenters. The van der Waals surface area contributed by atoms with Crippen LogP contribution in [-0.4, -0.2) is 38.7 Å². The van der Waals surface area contributed by atoms with E-state index in [4.69, 9.17) is 0 Å². The van der Waals surface area contributed by atoms with Crippen molar-refractivity contribution in [3.63, 3.8) is 0 Å². The molecule has 1 aliphatic rings. The Bertz CT molecular complexity index is 560. The first-order valence-corrected chi connectivity index (χ1v) is 7.21. The average molecular weight is 358 g/mol. The Kier molecular flexibility index (Phi) is 3.33. The fourth-order valence-electron chi connectivity index (χ4n) is 2.27. The summed E-state index contributed by atoms with van der Waals surface area (Å²) in [5.74, 6) is 0.846. The Morgan fingerprint density at radius 2 is 2.44 bits per heavy atom. The molecule has 3 heterocycles. The number of rotatable bonds is 3. The second-order valence-electron chi connectivity index (χ2n) is 4.35. The van der Waals surface area contributed by atoms with Gasteiger partial charge in [0.05, 0.1) is 0 Å². The number of hydrogen-bond acceptors (Lipinski definition) is 5. The van der Waals surface area contributed by atoms with E-state index in [2.05, 4.69) is 59.7 Å². The van der Waals surface area contributed by atoms with Crippen molar-refractivity contribution in [3.8, 4) is 0 Å². The molecular weight excluding hydrogens is 343 g/mol. The number of nitrogens with one attached hydrogen (secondary N) is 2. The number of aryl methyl sites for hydroxylation is 1. The minimum Gasteiger partial charge on any atom is -0.364 e. The van der Waals surface area contributed by atoms with E-state index in [-0.39, 0.29) is 0 Å². The molecule has 0 radical (unpaired) electrons. The van der Waals surface area contributed by atoms with Crippen LogP contribution in [-0.2, 0) is 6.54 Å².